The third-order valence-corrected chi connectivity index (χ3v) is 4.08. The monoisotopic (exact) mass is 299 g/mol. The molecule has 1 fully saturated rings. The molecule has 0 atom stereocenters. The number of para-hydroxylation sites is 1. The number of nitrogens with one attached hydrogen (secondary N) is 1. The van der Waals surface area contributed by atoms with E-state index in [0.29, 0.717) is 6.54 Å². The summed E-state index contributed by atoms with van der Waals surface area (Å²) in [5, 5.41) is 2.96. The van der Waals surface area contributed by atoms with Gasteiger partial charge in [0.1, 0.15) is 5.76 Å². The van der Waals surface area contributed by atoms with Gasteiger partial charge in [-0.05, 0) is 25.1 Å². The van der Waals surface area contributed by atoms with Crippen molar-refractivity contribution in [2.24, 2.45) is 0 Å². The summed E-state index contributed by atoms with van der Waals surface area (Å²) >= 11 is 0. The Balaban J connectivity index is 1.49. The van der Waals surface area contributed by atoms with E-state index in [0.717, 1.165) is 37.5 Å². The Morgan fingerprint density at radius 1 is 1.14 bits per heavy atom. The van der Waals surface area contributed by atoms with E-state index in [4.69, 9.17) is 4.42 Å². The molecular formula is C17H21N3O2. The second-order valence-corrected chi connectivity index (χ2v) is 5.47. The van der Waals surface area contributed by atoms with Crippen LogP contribution in [0, 0.1) is 6.92 Å². The summed E-state index contributed by atoms with van der Waals surface area (Å²) in [5.74, 6) is 0.856. The van der Waals surface area contributed by atoms with Crippen molar-refractivity contribution in [2.45, 2.75) is 13.5 Å². The van der Waals surface area contributed by atoms with Crippen molar-refractivity contribution in [3.05, 3.63) is 54.0 Å². The first kappa shape index (κ1) is 14.5. The summed E-state index contributed by atoms with van der Waals surface area (Å²) in [6, 6.07) is 12.2. The van der Waals surface area contributed by atoms with Crippen molar-refractivity contribution in [2.75, 3.05) is 31.1 Å². The molecule has 1 saturated heterocycles. The van der Waals surface area contributed by atoms with Gasteiger partial charge in [0.15, 0.2) is 0 Å². The van der Waals surface area contributed by atoms with Crippen LogP contribution in [0.3, 0.4) is 0 Å². The number of nitrogens with zero attached hydrogens (tertiary/aromatic N) is 2. The molecule has 0 unspecified atom stereocenters. The Morgan fingerprint density at radius 3 is 2.50 bits per heavy atom. The highest BCUT2D eigenvalue weighted by atomic mass is 16.3. The van der Waals surface area contributed by atoms with Crippen LogP contribution in [0.25, 0.3) is 0 Å². The fraction of sp³-hybridized carbons (Fsp3) is 0.353. The summed E-state index contributed by atoms with van der Waals surface area (Å²) in [5.41, 5.74) is 2.24. The van der Waals surface area contributed by atoms with Gasteiger partial charge >= 0.3 is 6.03 Å². The first-order valence-corrected chi connectivity index (χ1v) is 7.60. The number of anilines is 1. The SMILES string of the molecule is Cc1occc1CNC(=O)N1CCN(c2ccccc2)CC1. The van der Waals surface area contributed by atoms with Gasteiger partial charge in [-0.2, -0.15) is 0 Å². The molecule has 0 saturated carbocycles. The van der Waals surface area contributed by atoms with Gasteiger partial charge in [0.05, 0.1) is 6.26 Å². The highest BCUT2D eigenvalue weighted by Crippen LogP contribution is 2.15. The summed E-state index contributed by atoms with van der Waals surface area (Å²) < 4.78 is 5.23. The zero-order valence-corrected chi connectivity index (χ0v) is 12.8. The quantitative estimate of drug-likeness (QED) is 0.948. The molecule has 0 aliphatic carbocycles. The second-order valence-electron chi connectivity index (χ2n) is 5.47. The average Bonchev–Trinajstić information content (AvgIpc) is 2.99. The molecule has 116 valence electrons. The van der Waals surface area contributed by atoms with Crippen LogP contribution in [0.5, 0.6) is 0 Å². The smallest absolute Gasteiger partial charge is 0.317 e. The molecule has 0 spiro atoms. The molecule has 0 radical (unpaired) electrons. The maximum Gasteiger partial charge on any atom is 0.317 e. The zero-order valence-electron chi connectivity index (χ0n) is 12.8. The molecule has 1 aliphatic heterocycles. The van der Waals surface area contributed by atoms with Gasteiger partial charge in [0.25, 0.3) is 0 Å². The summed E-state index contributed by atoms with van der Waals surface area (Å²) in [7, 11) is 0. The lowest BCUT2D eigenvalue weighted by Gasteiger charge is -2.36. The number of furan rings is 1. The van der Waals surface area contributed by atoms with E-state index >= 15 is 0 Å². The highest BCUT2D eigenvalue weighted by Gasteiger charge is 2.21. The van der Waals surface area contributed by atoms with Gasteiger partial charge in [-0.1, -0.05) is 18.2 Å². The van der Waals surface area contributed by atoms with Crippen LogP contribution in [-0.2, 0) is 6.54 Å². The molecule has 22 heavy (non-hydrogen) atoms. The summed E-state index contributed by atoms with van der Waals surface area (Å²) in [4.78, 5) is 16.4. The van der Waals surface area contributed by atoms with Crippen LogP contribution >= 0.6 is 0 Å². The van der Waals surface area contributed by atoms with E-state index in [-0.39, 0.29) is 6.03 Å². The minimum absolute atomic E-state index is 0.00619. The standard InChI is InChI=1S/C17H21N3O2/c1-14-15(7-12-22-14)13-18-17(21)20-10-8-19(9-11-20)16-5-3-2-4-6-16/h2-7,12H,8-11,13H2,1H3,(H,18,21). The van der Waals surface area contributed by atoms with Crippen LogP contribution in [-0.4, -0.2) is 37.1 Å². The fourth-order valence-electron chi connectivity index (χ4n) is 2.68. The molecule has 1 aromatic carbocycles. The lowest BCUT2D eigenvalue weighted by Crippen LogP contribution is -2.51. The minimum Gasteiger partial charge on any atom is -0.469 e. The fourth-order valence-corrected chi connectivity index (χ4v) is 2.68. The van der Waals surface area contributed by atoms with Crippen LogP contribution in [0.1, 0.15) is 11.3 Å². The van der Waals surface area contributed by atoms with Crippen LogP contribution in [0.15, 0.2) is 47.1 Å². The number of rotatable bonds is 3. The van der Waals surface area contributed by atoms with Gasteiger partial charge < -0.3 is 19.5 Å². The number of carbonyl (C=O) groups is 1. The number of piperazine rings is 1. The predicted octanol–water partition coefficient (Wildman–Crippen LogP) is 2.62. The first-order chi connectivity index (χ1) is 10.7. The number of benzene rings is 1. The average molecular weight is 299 g/mol. The number of amides is 2. The van der Waals surface area contributed by atoms with Crippen molar-refractivity contribution < 1.29 is 9.21 Å². The second kappa shape index (κ2) is 6.56. The molecule has 2 aromatic rings. The third-order valence-electron chi connectivity index (χ3n) is 4.08. The zero-order chi connectivity index (χ0) is 15.4. The number of hydrogen-bond acceptors (Lipinski definition) is 3. The van der Waals surface area contributed by atoms with Crippen molar-refractivity contribution in [3.63, 3.8) is 0 Å². The van der Waals surface area contributed by atoms with E-state index in [2.05, 4.69) is 22.3 Å². The van der Waals surface area contributed by atoms with E-state index in [1.54, 1.807) is 6.26 Å². The first-order valence-electron chi connectivity index (χ1n) is 7.60. The minimum atomic E-state index is -0.00619. The highest BCUT2D eigenvalue weighted by molar-refractivity contribution is 5.74. The molecule has 2 amide bonds. The van der Waals surface area contributed by atoms with Gasteiger partial charge in [-0.15, -0.1) is 0 Å². The van der Waals surface area contributed by atoms with Crippen LogP contribution < -0.4 is 10.2 Å². The van der Waals surface area contributed by atoms with Crippen LogP contribution in [0.2, 0.25) is 0 Å². The number of aryl methyl sites for hydroxylation is 1. The molecule has 0 bridgehead atoms. The molecule has 1 aromatic heterocycles. The van der Waals surface area contributed by atoms with E-state index < -0.39 is 0 Å². The molecule has 2 heterocycles. The number of carbonyl (C=O) groups excluding carboxylic acids is 1. The van der Waals surface area contributed by atoms with Gasteiger partial charge in [0, 0.05) is 44.0 Å². The lowest BCUT2D eigenvalue weighted by molar-refractivity contribution is 0.194. The van der Waals surface area contributed by atoms with Crippen molar-refractivity contribution in [1.29, 1.82) is 0 Å². The van der Waals surface area contributed by atoms with E-state index in [9.17, 15) is 4.79 Å². The molecule has 5 nitrogen and oxygen atoms in total. The van der Waals surface area contributed by atoms with Crippen molar-refractivity contribution in [3.8, 4) is 0 Å². The predicted molar refractivity (Wildman–Crippen MR) is 85.9 cm³/mol. The molecular weight excluding hydrogens is 278 g/mol. The van der Waals surface area contributed by atoms with E-state index in [1.807, 2.05) is 36.1 Å². The molecule has 1 N–H and O–H groups in total. The van der Waals surface area contributed by atoms with Crippen molar-refractivity contribution >= 4 is 11.7 Å². The molecule has 3 rings (SSSR count). The Labute approximate surface area is 130 Å². The van der Waals surface area contributed by atoms with Gasteiger partial charge in [-0.3, -0.25) is 0 Å². The molecule has 5 heteroatoms. The Kier molecular flexibility index (Phi) is 4.32. The Morgan fingerprint density at radius 2 is 1.86 bits per heavy atom. The lowest BCUT2D eigenvalue weighted by atomic mass is 10.2. The topological polar surface area (TPSA) is 48.7 Å². The van der Waals surface area contributed by atoms with Gasteiger partial charge in [-0.25, -0.2) is 4.79 Å². The summed E-state index contributed by atoms with van der Waals surface area (Å²) in [6.07, 6.45) is 1.65. The molecule has 1 aliphatic rings. The van der Waals surface area contributed by atoms with E-state index in [1.165, 1.54) is 5.69 Å². The van der Waals surface area contributed by atoms with Crippen LogP contribution in [0.4, 0.5) is 10.5 Å². The summed E-state index contributed by atoms with van der Waals surface area (Å²) in [6.45, 7) is 5.63. The Bertz CT molecular complexity index is 616. The number of hydrogen-bond donors (Lipinski definition) is 1. The maximum absolute atomic E-state index is 12.2. The maximum atomic E-state index is 12.2. The Hall–Kier alpha value is -2.43. The largest absolute Gasteiger partial charge is 0.469 e. The van der Waals surface area contributed by atoms with Gasteiger partial charge in [0.2, 0.25) is 0 Å². The van der Waals surface area contributed by atoms with Crippen molar-refractivity contribution in [1.82, 2.24) is 10.2 Å². The number of urea groups is 1. The normalized spacial score (nSPS) is 15.0. The third kappa shape index (κ3) is 3.24.